The molecule has 0 bridgehead atoms. The highest BCUT2D eigenvalue weighted by Gasteiger charge is 2.29. The summed E-state index contributed by atoms with van der Waals surface area (Å²) in [6.45, 7) is 16.4. The van der Waals surface area contributed by atoms with Crippen molar-refractivity contribution >= 4 is 11.6 Å². The van der Waals surface area contributed by atoms with Crippen LogP contribution in [0.25, 0.3) is 0 Å². The fraction of sp³-hybridized carbons (Fsp3) is 0.793. The molecule has 3 heteroatoms. The molecule has 0 aromatic rings. The van der Waals surface area contributed by atoms with Crippen molar-refractivity contribution in [3.8, 4) is 0 Å². The molecule has 32 heavy (non-hydrogen) atoms. The van der Waals surface area contributed by atoms with E-state index in [4.69, 9.17) is 0 Å². The van der Waals surface area contributed by atoms with Crippen molar-refractivity contribution in [2.24, 2.45) is 17.8 Å². The number of allylic oxidation sites excluding steroid dienone is 4. The number of rotatable bonds is 15. The predicted octanol–water partition coefficient (Wildman–Crippen LogP) is 7.76. The standard InChI is InChI=1S/C29H50O3/c1-20(2)12-9-13-21(3)14-10-15-22(4)16-11-18-29(8,32)19-17-26-25(7)27(30)23(5)24(6)28(26)31/h20-22,32H,9-19H2,1-8H3/t21-,22+,29+/m0/s1. The number of ketones is 2. The summed E-state index contributed by atoms with van der Waals surface area (Å²) >= 11 is 0. The van der Waals surface area contributed by atoms with E-state index in [-0.39, 0.29) is 11.6 Å². The first-order chi connectivity index (χ1) is 14.9. The first kappa shape index (κ1) is 28.8. The molecule has 0 spiro atoms. The van der Waals surface area contributed by atoms with Crippen molar-refractivity contribution in [2.75, 3.05) is 0 Å². The van der Waals surface area contributed by atoms with Crippen molar-refractivity contribution in [1.82, 2.24) is 0 Å². The largest absolute Gasteiger partial charge is 0.390 e. The fourth-order valence-electron chi connectivity index (χ4n) is 4.79. The van der Waals surface area contributed by atoms with Crippen LogP contribution < -0.4 is 0 Å². The molecule has 0 aromatic heterocycles. The van der Waals surface area contributed by atoms with E-state index in [0.29, 0.717) is 41.1 Å². The van der Waals surface area contributed by atoms with Crippen LogP contribution in [-0.2, 0) is 9.59 Å². The van der Waals surface area contributed by atoms with Gasteiger partial charge in [-0.25, -0.2) is 0 Å². The highest BCUT2D eigenvalue weighted by Crippen LogP contribution is 2.31. The maximum absolute atomic E-state index is 12.6. The molecule has 0 aromatic carbocycles. The zero-order chi connectivity index (χ0) is 24.5. The van der Waals surface area contributed by atoms with Crippen LogP contribution in [0.3, 0.4) is 0 Å². The smallest absolute Gasteiger partial charge is 0.185 e. The Morgan fingerprint density at radius 3 is 1.69 bits per heavy atom. The average molecular weight is 447 g/mol. The molecule has 0 heterocycles. The van der Waals surface area contributed by atoms with Gasteiger partial charge in [-0.15, -0.1) is 0 Å². The normalized spacial score (nSPS) is 19.1. The fourth-order valence-corrected chi connectivity index (χ4v) is 4.79. The molecule has 0 unspecified atom stereocenters. The van der Waals surface area contributed by atoms with Gasteiger partial charge in [-0.3, -0.25) is 9.59 Å². The summed E-state index contributed by atoms with van der Waals surface area (Å²) in [4.78, 5) is 24.9. The average Bonchev–Trinajstić information content (AvgIpc) is 2.70. The molecule has 1 aliphatic carbocycles. The van der Waals surface area contributed by atoms with Crippen molar-refractivity contribution in [1.29, 1.82) is 0 Å². The minimum absolute atomic E-state index is 0.0255. The molecular formula is C29H50O3. The van der Waals surface area contributed by atoms with Gasteiger partial charge in [0.2, 0.25) is 0 Å². The van der Waals surface area contributed by atoms with Gasteiger partial charge >= 0.3 is 0 Å². The van der Waals surface area contributed by atoms with Crippen LogP contribution in [0, 0.1) is 17.8 Å². The van der Waals surface area contributed by atoms with E-state index in [1.54, 1.807) is 20.8 Å². The monoisotopic (exact) mass is 446 g/mol. The van der Waals surface area contributed by atoms with E-state index in [9.17, 15) is 14.7 Å². The summed E-state index contributed by atoms with van der Waals surface area (Å²) < 4.78 is 0. The van der Waals surface area contributed by atoms with Crippen LogP contribution in [0.5, 0.6) is 0 Å². The lowest BCUT2D eigenvalue weighted by Crippen LogP contribution is -2.27. The molecule has 0 saturated carbocycles. The Hall–Kier alpha value is -1.22. The summed E-state index contributed by atoms with van der Waals surface area (Å²) in [6, 6.07) is 0. The second-order valence-corrected chi connectivity index (χ2v) is 11.4. The van der Waals surface area contributed by atoms with E-state index < -0.39 is 5.60 Å². The molecule has 3 nitrogen and oxygen atoms in total. The summed E-state index contributed by atoms with van der Waals surface area (Å²) in [6.07, 6.45) is 11.8. The van der Waals surface area contributed by atoms with Crippen molar-refractivity contribution in [3.63, 3.8) is 0 Å². The number of hydrogen-bond acceptors (Lipinski definition) is 3. The first-order valence-corrected chi connectivity index (χ1v) is 13.0. The van der Waals surface area contributed by atoms with E-state index >= 15 is 0 Å². The van der Waals surface area contributed by atoms with Crippen LogP contribution in [0.4, 0.5) is 0 Å². The van der Waals surface area contributed by atoms with Gasteiger partial charge in [0.05, 0.1) is 5.60 Å². The molecule has 1 rings (SSSR count). The topological polar surface area (TPSA) is 54.4 Å². The van der Waals surface area contributed by atoms with Gasteiger partial charge in [0.1, 0.15) is 0 Å². The summed E-state index contributed by atoms with van der Waals surface area (Å²) in [5.74, 6) is 2.28. The summed E-state index contributed by atoms with van der Waals surface area (Å²) in [5.41, 5.74) is 1.46. The van der Waals surface area contributed by atoms with Crippen LogP contribution >= 0.6 is 0 Å². The minimum atomic E-state index is -0.800. The maximum atomic E-state index is 12.6. The van der Waals surface area contributed by atoms with Crippen LogP contribution in [0.15, 0.2) is 22.3 Å². The summed E-state index contributed by atoms with van der Waals surface area (Å²) in [7, 11) is 0. The lowest BCUT2D eigenvalue weighted by molar-refractivity contribution is -0.116. The number of hydrogen-bond donors (Lipinski definition) is 1. The van der Waals surface area contributed by atoms with Gasteiger partial charge in [0.25, 0.3) is 0 Å². The van der Waals surface area contributed by atoms with Crippen molar-refractivity contribution < 1.29 is 14.7 Å². The molecule has 0 aliphatic heterocycles. The third-order valence-corrected chi connectivity index (χ3v) is 7.51. The third-order valence-electron chi connectivity index (χ3n) is 7.51. The molecular weight excluding hydrogens is 396 g/mol. The Kier molecular flexibility index (Phi) is 12.1. The quantitative estimate of drug-likeness (QED) is 0.261. The zero-order valence-electron chi connectivity index (χ0n) is 22.3. The van der Waals surface area contributed by atoms with Gasteiger partial charge in [0.15, 0.2) is 11.6 Å². The Labute approximate surface area is 198 Å². The van der Waals surface area contributed by atoms with Gasteiger partial charge < -0.3 is 5.11 Å². The lowest BCUT2D eigenvalue weighted by atomic mass is 9.81. The number of carbonyl (C=O) groups is 2. The molecule has 0 saturated heterocycles. The molecule has 0 fully saturated rings. The van der Waals surface area contributed by atoms with Crippen LogP contribution in [0.1, 0.15) is 126 Å². The van der Waals surface area contributed by atoms with Gasteiger partial charge in [-0.05, 0) is 64.7 Å². The van der Waals surface area contributed by atoms with E-state index in [0.717, 1.165) is 31.1 Å². The maximum Gasteiger partial charge on any atom is 0.185 e. The highest BCUT2D eigenvalue weighted by molar-refractivity contribution is 6.24. The third kappa shape index (κ3) is 9.73. The van der Waals surface area contributed by atoms with E-state index in [1.165, 1.54) is 38.5 Å². The molecule has 1 aliphatic rings. The molecule has 3 atom stereocenters. The second kappa shape index (κ2) is 13.5. The Balaban J connectivity index is 2.32. The van der Waals surface area contributed by atoms with Crippen molar-refractivity contribution in [3.05, 3.63) is 22.3 Å². The molecule has 0 radical (unpaired) electrons. The van der Waals surface area contributed by atoms with E-state index in [2.05, 4.69) is 27.7 Å². The first-order valence-electron chi connectivity index (χ1n) is 13.0. The second-order valence-electron chi connectivity index (χ2n) is 11.4. The Morgan fingerprint density at radius 2 is 1.16 bits per heavy atom. The SMILES string of the molecule is CC1=C(C)C(=O)C(CC[C@](C)(O)CCC[C@H](C)CCC[C@@H](C)CCCC(C)C)=C(C)C1=O. The van der Waals surface area contributed by atoms with Crippen LogP contribution in [0.2, 0.25) is 0 Å². The van der Waals surface area contributed by atoms with E-state index in [1.807, 2.05) is 6.92 Å². The predicted molar refractivity (Wildman–Crippen MR) is 136 cm³/mol. The van der Waals surface area contributed by atoms with Gasteiger partial charge in [-0.1, -0.05) is 79.1 Å². The van der Waals surface area contributed by atoms with Gasteiger partial charge in [-0.2, -0.15) is 0 Å². The van der Waals surface area contributed by atoms with Crippen molar-refractivity contribution in [2.45, 2.75) is 132 Å². The number of Topliss-reactive ketones (excluding diaryl/α,β-unsaturated/α-hetero) is 2. The van der Waals surface area contributed by atoms with Crippen LogP contribution in [-0.4, -0.2) is 22.3 Å². The lowest BCUT2D eigenvalue weighted by Gasteiger charge is -2.26. The number of aliphatic hydroxyl groups is 1. The minimum Gasteiger partial charge on any atom is -0.390 e. The summed E-state index contributed by atoms with van der Waals surface area (Å²) in [5, 5.41) is 10.9. The zero-order valence-corrected chi connectivity index (χ0v) is 22.3. The Bertz CT molecular complexity index is 693. The van der Waals surface area contributed by atoms with Gasteiger partial charge in [0, 0.05) is 22.3 Å². The Morgan fingerprint density at radius 1 is 0.688 bits per heavy atom. The number of carbonyl (C=O) groups excluding carboxylic acids is 2. The highest BCUT2D eigenvalue weighted by atomic mass is 16.3. The molecule has 1 N–H and O–H groups in total. The molecule has 184 valence electrons. The molecule has 0 amide bonds.